The molecule has 0 saturated carbocycles. The summed E-state index contributed by atoms with van der Waals surface area (Å²) >= 11 is 0. The number of nitro benzene ring substituents is 2. The van der Waals surface area contributed by atoms with Gasteiger partial charge in [-0.1, -0.05) is 0 Å². The predicted octanol–water partition coefficient (Wildman–Crippen LogP) is 1.44. The van der Waals surface area contributed by atoms with E-state index in [1.807, 2.05) is 0 Å². The third-order valence-electron chi connectivity index (χ3n) is 2.12. The Morgan fingerprint density at radius 3 is 2.33 bits per heavy atom. The maximum Gasteiger partial charge on any atom is 0.346 e. The number of aliphatic imine (C=N–C) groups is 1. The summed E-state index contributed by atoms with van der Waals surface area (Å²) in [6, 6.07) is 2.39. The molecule has 0 aliphatic carbocycles. The first-order valence-corrected chi connectivity index (χ1v) is 4.05. The van der Waals surface area contributed by atoms with Gasteiger partial charge in [0.05, 0.1) is 16.4 Å². The number of nitrogens with zero attached hydrogens (tertiary/aromatic N) is 3. The van der Waals surface area contributed by atoms with Crippen LogP contribution in [0.15, 0.2) is 17.1 Å². The standard InChI is InChI=1S/C8H5N3O4/c12-10(13)7-1-5-3-9-4-6(5)2-8(7)11(14)15/h1-3H,4H2. The monoisotopic (exact) mass is 207 g/mol. The van der Waals surface area contributed by atoms with Gasteiger partial charge in [0.1, 0.15) is 0 Å². The second-order valence-corrected chi connectivity index (χ2v) is 3.02. The van der Waals surface area contributed by atoms with E-state index in [2.05, 4.69) is 4.99 Å². The summed E-state index contributed by atoms with van der Waals surface area (Å²) < 4.78 is 0. The molecule has 76 valence electrons. The van der Waals surface area contributed by atoms with E-state index in [1.54, 1.807) is 0 Å². The second-order valence-electron chi connectivity index (χ2n) is 3.02. The molecule has 1 aromatic rings. The van der Waals surface area contributed by atoms with Crippen molar-refractivity contribution in [3.63, 3.8) is 0 Å². The molecule has 0 bridgehead atoms. The average molecular weight is 207 g/mol. The minimum atomic E-state index is -0.759. The maximum atomic E-state index is 10.6. The van der Waals surface area contributed by atoms with Crippen LogP contribution in [0.25, 0.3) is 0 Å². The molecule has 0 saturated heterocycles. The minimum absolute atomic E-state index is 0.341. The minimum Gasteiger partial charge on any atom is -0.288 e. The first kappa shape index (κ1) is 9.25. The van der Waals surface area contributed by atoms with Crippen molar-refractivity contribution in [2.24, 2.45) is 4.99 Å². The third-order valence-corrected chi connectivity index (χ3v) is 2.12. The lowest BCUT2D eigenvalue weighted by molar-refractivity contribution is -0.422. The molecule has 1 aliphatic heterocycles. The number of benzene rings is 1. The molecule has 0 radical (unpaired) electrons. The zero-order valence-corrected chi connectivity index (χ0v) is 7.41. The van der Waals surface area contributed by atoms with Gasteiger partial charge in [-0.05, 0) is 5.56 Å². The van der Waals surface area contributed by atoms with Gasteiger partial charge in [-0.3, -0.25) is 25.2 Å². The van der Waals surface area contributed by atoms with E-state index in [9.17, 15) is 20.2 Å². The van der Waals surface area contributed by atoms with Crippen molar-refractivity contribution >= 4 is 17.6 Å². The molecule has 7 nitrogen and oxygen atoms in total. The van der Waals surface area contributed by atoms with Gasteiger partial charge >= 0.3 is 11.4 Å². The highest BCUT2D eigenvalue weighted by Crippen LogP contribution is 2.31. The Labute approximate surface area is 83.4 Å². The SMILES string of the molecule is O=[N+]([O-])c1cc2c(cc1[N+](=O)[O-])CN=C2. The van der Waals surface area contributed by atoms with Crippen LogP contribution in [0.4, 0.5) is 11.4 Å². The first-order chi connectivity index (χ1) is 7.09. The fourth-order valence-corrected chi connectivity index (χ4v) is 1.43. The Morgan fingerprint density at radius 2 is 1.73 bits per heavy atom. The van der Waals surface area contributed by atoms with Crippen molar-refractivity contribution in [1.82, 2.24) is 0 Å². The molecule has 0 atom stereocenters. The van der Waals surface area contributed by atoms with E-state index >= 15 is 0 Å². The van der Waals surface area contributed by atoms with Gasteiger partial charge in [0.2, 0.25) is 0 Å². The third kappa shape index (κ3) is 1.43. The Bertz CT molecular complexity index is 495. The van der Waals surface area contributed by atoms with Gasteiger partial charge in [-0.2, -0.15) is 0 Å². The molecule has 0 N–H and O–H groups in total. The summed E-state index contributed by atoms with van der Waals surface area (Å²) in [6.45, 7) is 0.341. The van der Waals surface area contributed by atoms with E-state index in [1.165, 1.54) is 18.3 Å². The van der Waals surface area contributed by atoms with Crippen LogP contribution in [0.3, 0.4) is 0 Å². The molecule has 15 heavy (non-hydrogen) atoms. The Hall–Kier alpha value is -2.31. The lowest BCUT2D eigenvalue weighted by atomic mass is 10.1. The summed E-state index contributed by atoms with van der Waals surface area (Å²) in [7, 11) is 0. The Morgan fingerprint density at radius 1 is 1.13 bits per heavy atom. The largest absolute Gasteiger partial charge is 0.346 e. The fraction of sp³-hybridized carbons (Fsp3) is 0.125. The molecular formula is C8H5N3O4. The number of nitro groups is 2. The van der Waals surface area contributed by atoms with Crippen LogP contribution in [-0.2, 0) is 6.54 Å². The number of hydrogen-bond acceptors (Lipinski definition) is 5. The molecule has 0 spiro atoms. The van der Waals surface area contributed by atoms with Crippen molar-refractivity contribution in [3.8, 4) is 0 Å². The molecule has 7 heteroatoms. The summed E-state index contributed by atoms with van der Waals surface area (Å²) in [5.74, 6) is 0. The fourth-order valence-electron chi connectivity index (χ4n) is 1.43. The zero-order valence-electron chi connectivity index (χ0n) is 7.41. The Kier molecular flexibility index (Phi) is 1.93. The first-order valence-electron chi connectivity index (χ1n) is 4.05. The normalized spacial score (nSPS) is 12.5. The van der Waals surface area contributed by atoms with Crippen LogP contribution in [0.2, 0.25) is 0 Å². The number of hydrogen-bond donors (Lipinski definition) is 0. The van der Waals surface area contributed by atoms with E-state index in [-0.39, 0.29) is 0 Å². The van der Waals surface area contributed by atoms with Crippen LogP contribution in [0, 0.1) is 20.2 Å². The maximum absolute atomic E-state index is 10.6. The molecule has 0 amide bonds. The molecule has 0 aromatic heterocycles. The van der Waals surface area contributed by atoms with Crippen molar-refractivity contribution < 1.29 is 9.85 Å². The van der Waals surface area contributed by atoms with Crippen molar-refractivity contribution in [1.29, 1.82) is 0 Å². The smallest absolute Gasteiger partial charge is 0.288 e. The summed E-state index contributed by atoms with van der Waals surface area (Å²) in [5.41, 5.74) is 0.246. The molecule has 1 aromatic carbocycles. The molecular weight excluding hydrogens is 202 g/mol. The highest BCUT2D eigenvalue weighted by atomic mass is 16.6. The van der Waals surface area contributed by atoms with Gasteiger partial charge in [0.15, 0.2) is 0 Å². The van der Waals surface area contributed by atoms with Gasteiger partial charge < -0.3 is 0 Å². The molecule has 2 rings (SSSR count). The Balaban J connectivity index is 2.65. The van der Waals surface area contributed by atoms with E-state index in [0.29, 0.717) is 17.7 Å². The van der Waals surface area contributed by atoms with Crippen LogP contribution in [0.1, 0.15) is 11.1 Å². The van der Waals surface area contributed by atoms with Crippen molar-refractivity contribution in [3.05, 3.63) is 43.5 Å². The van der Waals surface area contributed by atoms with E-state index < -0.39 is 21.2 Å². The number of rotatable bonds is 2. The van der Waals surface area contributed by atoms with E-state index in [4.69, 9.17) is 0 Å². The predicted molar refractivity (Wildman–Crippen MR) is 51.0 cm³/mol. The topological polar surface area (TPSA) is 98.6 Å². The van der Waals surface area contributed by atoms with Crippen LogP contribution in [0.5, 0.6) is 0 Å². The highest BCUT2D eigenvalue weighted by molar-refractivity contribution is 5.86. The molecule has 1 heterocycles. The molecule has 0 unspecified atom stereocenters. The average Bonchev–Trinajstić information content (AvgIpc) is 2.61. The van der Waals surface area contributed by atoms with Crippen LogP contribution < -0.4 is 0 Å². The summed E-state index contributed by atoms with van der Waals surface area (Å²) in [4.78, 5) is 23.5. The second kappa shape index (κ2) is 3.12. The van der Waals surface area contributed by atoms with Crippen molar-refractivity contribution in [2.75, 3.05) is 0 Å². The summed E-state index contributed by atoms with van der Waals surface area (Å²) in [5, 5.41) is 21.2. The quantitative estimate of drug-likeness (QED) is 0.540. The van der Waals surface area contributed by atoms with Gasteiger partial charge in [-0.25, -0.2) is 0 Å². The van der Waals surface area contributed by atoms with Gasteiger partial charge in [0.25, 0.3) is 0 Å². The summed E-state index contributed by atoms with van der Waals surface area (Å²) in [6.07, 6.45) is 1.48. The number of fused-ring (bicyclic) bond motifs is 1. The lowest BCUT2D eigenvalue weighted by Crippen LogP contribution is -1.99. The molecule has 1 aliphatic rings. The zero-order chi connectivity index (χ0) is 11.0. The molecule has 0 fully saturated rings. The van der Waals surface area contributed by atoms with Crippen LogP contribution in [-0.4, -0.2) is 16.1 Å². The van der Waals surface area contributed by atoms with Crippen molar-refractivity contribution in [2.45, 2.75) is 6.54 Å². The van der Waals surface area contributed by atoms with E-state index in [0.717, 1.165) is 0 Å². The van der Waals surface area contributed by atoms with Crippen LogP contribution >= 0.6 is 0 Å². The highest BCUT2D eigenvalue weighted by Gasteiger charge is 2.27. The lowest BCUT2D eigenvalue weighted by Gasteiger charge is -1.98. The van der Waals surface area contributed by atoms with Gasteiger partial charge in [-0.15, -0.1) is 0 Å². The van der Waals surface area contributed by atoms with Gasteiger partial charge in [0, 0.05) is 23.9 Å².